The second kappa shape index (κ2) is 8.39. The summed E-state index contributed by atoms with van der Waals surface area (Å²) in [5, 5.41) is 3.58. The highest BCUT2D eigenvalue weighted by atomic mass is 16.4. The molecule has 0 bridgehead atoms. The number of amides is 2. The molecule has 8 nitrogen and oxygen atoms in total. The third-order valence-corrected chi connectivity index (χ3v) is 5.64. The average Bonchev–Trinajstić information content (AvgIpc) is 3.37. The van der Waals surface area contributed by atoms with E-state index in [4.69, 9.17) is 8.83 Å². The Morgan fingerprint density at radius 2 is 1.71 bits per heavy atom. The molecule has 3 heterocycles. The molecule has 1 fully saturated rings. The number of anilines is 1. The summed E-state index contributed by atoms with van der Waals surface area (Å²) in [7, 11) is 0. The van der Waals surface area contributed by atoms with E-state index < -0.39 is 6.04 Å². The van der Waals surface area contributed by atoms with Crippen LogP contribution >= 0.6 is 0 Å². The number of Topliss-reactive ketones (excluding diaryl/α,β-unsaturated/α-hetero) is 1. The van der Waals surface area contributed by atoms with Crippen LogP contribution < -0.4 is 5.32 Å². The van der Waals surface area contributed by atoms with Crippen molar-refractivity contribution in [2.75, 3.05) is 31.5 Å². The van der Waals surface area contributed by atoms with E-state index in [0.29, 0.717) is 54.4 Å². The highest BCUT2D eigenvalue weighted by Gasteiger charge is 2.30. The molecule has 0 aliphatic carbocycles. The SMILES string of the molecule is CC(=O)c1oc2ccccc2c1NC(=O)C(C)N1CCN(C(=O)c2ccc(C)o2)CC1. The van der Waals surface area contributed by atoms with Crippen molar-refractivity contribution < 1.29 is 23.2 Å². The van der Waals surface area contributed by atoms with Gasteiger partial charge in [0.2, 0.25) is 5.91 Å². The van der Waals surface area contributed by atoms with Crippen LogP contribution in [0, 0.1) is 6.92 Å². The molecule has 8 heteroatoms. The number of para-hydroxylation sites is 1. The van der Waals surface area contributed by atoms with Gasteiger partial charge in [-0.1, -0.05) is 12.1 Å². The standard InChI is InChI=1S/C23H25N3O5/c1-14-8-9-19(30-14)23(29)26-12-10-25(11-13-26)15(2)22(28)24-20-17-6-4-5-7-18(17)31-21(20)16(3)27/h4-9,15H,10-13H2,1-3H3,(H,24,28). The van der Waals surface area contributed by atoms with Crippen LogP contribution in [0.15, 0.2) is 45.2 Å². The molecule has 2 amide bonds. The molecule has 1 aliphatic rings. The van der Waals surface area contributed by atoms with Crippen LogP contribution in [-0.4, -0.2) is 59.6 Å². The van der Waals surface area contributed by atoms with Crippen LogP contribution in [0.2, 0.25) is 0 Å². The number of nitrogens with zero attached hydrogens (tertiary/aromatic N) is 2. The molecule has 31 heavy (non-hydrogen) atoms. The fourth-order valence-electron chi connectivity index (χ4n) is 3.83. The third kappa shape index (κ3) is 4.11. The largest absolute Gasteiger partial charge is 0.456 e. The zero-order chi connectivity index (χ0) is 22.1. The highest BCUT2D eigenvalue weighted by molar-refractivity contribution is 6.11. The lowest BCUT2D eigenvalue weighted by Gasteiger charge is -2.37. The van der Waals surface area contributed by atoms with Gasteiger partial charge in [0.15, 0.2) is 17.3 Å². The molecule has 1 aromatic carbocycles. The van der Waals surface area contributed by atoms with E-state index in [1.807, 2.05) is 30.0 Å². The van der Waals surface area contributed by atoms with Crippen LogP contribution in [0.3, 0.4) is 0 Å². The van der Waals surface area contributed by atoms with Gasteiger partial charge in [0.1, 0.15) is 11.3 Å². The Balaban J connectivity index is 1.42. The summed E-state index contributed by atoms with van der Waals surface area (Å²) < 4.78 is 11.1. The van der Waals surface area contributed by atoms with E-state index in [1.54, 1.807) is 30.0 Å². The van der Waals surface area contributed by atoms with Crippen molar-refractivity contribution in [1.29, 1.82) is 0 Å². The molecule has 0 saturated carbocycles. The number of nitrogens with one attached hydrogen (secondary N) is 1. The molecule has 1 saturated heterocycles. The Bertz CT molecular complexity index is 1140. The number of carbonyl (C=O) groups excluding carboxylic acids is 3. The number of benzene rings is 1. The van der Waals surface area contributed by atoms with Gasteiger partial charge in [-0.3, -0.25) is 19.3 Å². The van der Waals surface area contributed by atoms with Crippen LogP contribution in [0.25, 0.3) is 11.0 Å². The molecule has 1 N–H and O–H groups in total. The number of hydrogen-bond donors (Lipinski definition) is 1. The van der Waals surface area contributed by atoms with Crippen LogP contribution in [-0.2, 0) is 4.79 Å². The quantitative estimate of drug-likeness (QED) is 0.633. The van der Waals surface area contributed by atoms with Gasteiger partial charge in [0.05, 0.1) is 11.7 Å². The molecular formula is C23H25N3O5. The van der Waals surface area contributed by atoms with Crippen molar-refractivity contribution in [2.45, 2.75) is 26.8 Å². The molecule has 2 aromatic heterocycles. The lowest BCUT2D eigenvalue weighted by Crippen LogP contribution is -2.54. The molecular weight excluding hydrogens is 398 g/mol. The lowest BCUT2D eigenvalue weighted by atomic mass is 10.1. The minimum absolute atomic E-state index is 0.138. The maximum absolute atomic E-state index is 13.0. The molecule has 1 atom stereocenters. The van der Waals surface area contributed by atoms with Gasteiger partial charge in [0.25, 0.3) is 5.91 Å². The summed E-state index contributed by atoms with van der Waals surface area (Å²) >= 11 is 0. The summed E-state index contributed by atoms with van der Waals surface area (Å²) in [5.41, 5.74) is 0.956. The number of ketones is 1. The normalized spacial score (nSPS) is 15.8. The van der Waals surface area contributed by atoms with Crippen molar-refractivity contribution in [3.8, 4) is 0 Å². The summed E-state index contributed by atoms with van der Waals surface area (Å²) in [6.45, 7) is 7.16. The molecule has 0 radical (unpaired) electrons. The lowest BCUT2D eigenvalue weighted by molar-refractivity contribution is -0.121. The van der Waals surface area contributed by atoms with Gasteiger partial charge in [0, 0.05) is 38.5 Å². The summed E-state index contributed by atoms with van der Waals surface area (Å²) in [4.78, 5) is 41.3. The van der Waals surface area contributed by atoms with Gasteiger partial charge < -0.3 is 19.1 Å². The van der Waals surface area contributed by atoms with E-state index >= 15 is 0 Å². The first-order chi connectivity index (χ1) is 14.8. The van der Waals surface area contributed by atoms with Gasteiger partial charge in [-0.2, -0.15) is 0 Å². The Labute approximate surface area is 179 Å². The van der Waals surface area contributed by atoms with Gasteiger partial charge in [-0.25, -0.2) is 0 Å². The first kappa shape index (κ1) is 20.9. The fraction of sp³-hybridized carbons (Fsp3) is 0.348. The molecule has 1 aliphatic heterocycles. The number of carbonyl (C=O) groups is 3. The van der Waals surface area contributed by atoms with Crippen LogP contribution in [0.4, 0.5) is 5.69 Å². The van der Waals surface area contributed by atoms with Crippen molar-refractivity contribution in [3.63, 3.8) is 0 Å². The second-order valence-electron chi connectivity index (χ2n) is 7.76. The molecule has 162 valence electrons. The van der Waals surface area contributed by atoms with E-state index in [1.165, 1.54) is 6.92 Å². The predicted molar refractivity (Wildman–Crippen MR) is 115 cm³/mol. The van der Waals surface area contributed by atoms with E-state index in [9.17, 15) is 14.4 Å². The average molecular weight is 423 g/mol. The maximum atomic E-state index is 13.0. The monoisotopic (exact) mass is 423 g/mol. The Morgan fingerprint density at radius 1 is 1.00 bits per heavy atom. The number of furan rings is 2. The van der Waals surface area contributed by atoms with E-state index in [2.05, 4.69) is 5.32 Å². The number of fused-ring (bicyclic) bond motifs is 1. The highest BCUT2D eigenvalue weighted by Crippen LogP contribution is 2.31. The van der Waals surface area contributed by atoms with Crippen LogP contribution in [0.5, 0.6) is 0 Å². The summed E-state index contributed by atoms with van der Waals surface area (Å²) in [6.07, 6.45) is 0. The van der Waals surface area contributed by atoms with Gasteiger partial charge in [-0.05, 0) is 38.1 Å². The second-order valence-corrected chi connectivity index (χ2v) is 7.76. The first-order valence-corrected chi connectivity index (χ1v) is 10.3. The first-order valence-electron chi connectivity index (χ1n) is 10.3. The van der Waals surface area contributed by atoms with Crippen molar-refractivity contribution in [2.24, 2.45) is 0 Å². The van der Waals surface area contributed by atoms with E-state index in [0.717, 1.165) is 0 Å². The molecule has 0 spiro atoms. The summed E-state index contributed by atoms with van der Waals surface area (Å²) in [5.74, 6) is 0.561. The third-order valence-electron chi connectivity index (χ3n) is 5.64. The van der Waals surface area contributed by atoms with Gasteiger partial charge >= 0.3 is 0 Å². The number of hydrogen-bond acceptors (Lipinski definition) is 6. The zero-order valence-electron chi connectivity index (χ0n) is 17.8. The Morgan fingerprint density at radius 3 is 2.35 bits per heavy atom. The summed E-state index contributed by atoms with van der Waals surface area (Å²) in [6, 6.07) is 10.2. The van der Waals surface area contributed by atoms with Crippen molar-refractivity contribution >= 4 is 34.3 Å². The smallest absolute Gasteiger partial charge is 0.289 e. The van der Waals surface area contributed by atoms with E-state index in [-0.39, 0.29) is 23.4 Å². The molecule has 4 rings (SSSR count). The molecule has 1 unspecified atom stereocenters. The molecule has 3 aromatic rings. The number of piperazine rings is 1. The van der Waals surface area contributed by atoms with Crippen molar-refractivity contribution in [1.82, 2.24) is 9.80 Å². The zero-order valence-corrected chi connectivity index (χ0v) is 17.8. The fourth-order valence-corrected chi connectivity index (χ4v) is 3.83. The van der Waals surface area contributed by atoms with Crippen LogP contribution in [0.1, 0.15) is 40.7 Å². The predicted octanol–water partition coefficient (Wildman–Crippen LogP) is 3.32. The minimum atomic E-state index is -0.434. The minimum Gasteiger partial charge on any atom is -0.456 e. The topological polar surface area (TPSA) is 96.0 Å². The van der Waals surface area contributed by atoms with Crippen molar-refractivity contribution in [3.05, 3.63) is 53.7 Å². The van der Waals surface area contributed by atoms with Gasteiger partial charge in [-0.15, -0.1) is 0 Å². The Kier molecular flexibility index (Phi) is 5.65. The number of aryl methyl sites for hydroxylation is 1. The maximum Gasteiger partial charge on any atom is 0.289 e. The Hall–Kier alpha value is -3.39. The number of rotatable bonds is 5.